The Bertz CT molecular complexity index is 652. The van der Waals surface area contributed by atoms with Gasteiger partial charge in [0.15, 0.2) is 0 Å². The van der Waals surface area contributed by atoms with Crippen LogP contribution >= 0.6 is 0 Å². The highest BCUT2D eigenvalue weighted by Gasteiger charge is 2.48. The van der Waals surface area contributed by atoms with E-state index in [2.05, 4.69) is 5.32 Å². The normalized spacial score (nSPS) is 25.6. The average Bonchev–Trinajstić information content (AvgIpc) is 2.81. The zero-order chi connectivity index (χ0) is 17.1. The number of sulfonamides is 1. The Hall–Kier alpha value is -1.52. The number of rotatable bonds is 7. The van der Waals surface area contributed by atoms with Crippen molar-refractivity contribution in [1.29, 1.82) is 0 Å². The fourth-order valence-electron chi connectivity index (χ4n) is 2.45. The summed E-state index contributed by atoms with van der Waals surface area (Å²) in [5.41, 5.74) is 3.40. The van der Waals surface area contributed by atoms with Crippen molar-refractivity contribution < 1.29 is 23.4 Å². The van der Waals surface area contributed by atoms with Crippen molar-refractivity contribution in [2.24, 2.45) is 5.73 Å². The Morgan fingerprint density at radius 2 is 2.04 bits per heavy atom. The number of primary amides is 1. The lowest BCUT2D eigenvalue weighted by Crippen LogP contribution is -2.50. The quantitative estimate of drug-likeness (QED) is 0.434. The third kappa shape index (κ3) is 4.06. The monoisotopic (exact) mass is 343 g/mol. The molecule has 1 aromatic rings. The number of β-amino-alcohol motifs (C(OH)–C–C–N with tert-alkyl or cyclic N) is 2. The van der Waals surface area contributed by atoms with Crippen LogP contribution in [0.25, 0.3) is 0 Å². The van der Waals surface area contributed by atoms with Gasteiger partial charge in [0.25, 0.3) is 0 Å². The highest BCUT2D eigenvalue weighted by atomic mass is 32.2. The first-order valence-corrected chi connectivity index (χ1v) is 8.64. The molecule has 0 saturated carbocycles. The first-order valence-electron chi connectivity index (χ1n) is 7.20. The number of benzene rings is 1. The largest absolute Gasteiger partial charge is 0.389 e. The summed E-state index contributed by atoms with van der Waals surface area (Å²) >= 11 is 0. The van der Waals surface area contributed by atoms with E-state index in [9.17, 15) is 23.4 Å². The number of aliphatic hydroxyl groups is 2. The van der Waals surface area contributed by atoms with Crippen molar-refractivity contribution in [2.75, 3.05) is 26.2 Å². The molecule has 8 nitrogen and oxygen atoms in total. The molecule has 0 unspecified atom stereocenters. The van der Waals surface area contributed by atoms with Gasteiger partial charge in [-0.3, -0.25) is 4.79 Å². The number of nitrogens with zero attached hydrogens (tertiary/aromatic N) is 1. The number of nitrogens with two attached hydrogens (primary N) is 1. The third-order valence-electron chi connectivity index (χ3n) is 3.81. The maximum atomic E-state index is 12.5. The van der Waals surface area contributed by atoms with Gasteiger partial charge in [-0.1, -0.05) is 18.2 Å². The molecule has 0 aliphatic carbocycles. The predicted molar refractivity (Wildman–Crippen MR) is 82.8 cm³/mol. The highest BCUT2D eigenvalue weighted by Crippen LogP contribution is 2.27. The minimum atomic E-state index is -3.78. The Labute approximate surface area is 135 Å². The van der Waals surface area contributed by atoms with E-state index in [1.54, 1.807) is 18.2 Å². The zero-order valence-electron chi connectivity index (χ0n) is 12.6. The number of hydrogen-bond donors (Lipinski definition) is 4. The lowest BCUT2D eigenvalue weighted by Gasteiger charge is -2.26. The summed E-state index contributed by atoms with van der Waals surface area (Å²) < 4.78 is 26.1. The van der Waals surface area contributed by atoms with E-state index in [4.69, 9.17) is 5.73 Å². The molecule has 2 rings (SSSR count). The van der Waals surface area contributed by atoms with Crippen LogP contribution in [0.15, 0.2) is 35.2 Å². The number of aliphatic hydroxyl groups excluding tert-OH is 1. The Morgan fingerprint density at radius 1 is 1.39 bits per heavy atom. The van der Waals surface area contributed by atoms with Crippen molar-refractivity contribution in [3.8, 4) is 0 Å². The van der Waals surface area contributed by atoms with Gasteiger partial charge in [0.2, 0.25) is 15.9 Å². The van der Waals surface area contributed by atoms with E-state index in [1.807, 2.05) is 0 Å². The van der Waals surface area contributed by atoms with Gasteiger partial charge in [-0.15, -0.1) is 0 Å². The fourth-order valence-corrected chi connectivity index (χ4v) is 3.98. The van der Waals surface area contributed by atoms with Gasteiger partial charge in [-0.2, -0.15) is 4.31 Å². The van der Waals surface area contributed by atoms with Gasteiger partial charge in [-0.05, 0) is 12.1 Å². The summed E-state index contributed by atoms with van der Waals surface area (Å²) in [6, 6.07) is 7.85. The molecule has 0 radical (unpaired) electrons. The number of amides is 1. The van der Waals surface area contributed by atoms with Crippen molar-refractivity contribution in [1.82, 2.24) is 9.62 Å². The standard InChI is InChI=1S/C14H21N3O5S/c15-13(19)6-7-16-9-14(20)10-17(8-12(14)18)23(21,22)11-4-2-1-3-5-11/h1-5,12,16,18,20H,6-10H2,(H2,15,19)/t12-,14+/m1/s1. The molecule has 1 aliphatic heterocycles. The molecule has 1 saturated heterocycles. The lowest BCUT2D eigenvalue weighted by atomic mass is 10.0. The van der Waals surface area contributed by atoms with Crippen LogP contribution in [0.3, 0.4) is 0 Å². The molecular formula is C14H21N3O5S. The SMILES string of the molecule is NC(=O)CCNC[C@]1(O)CN(S(=O)(=O)c2ccccc2)C[C@H]1O. The fraction of sp³-hybridized carbons (Fsp3) is 0.500. The smallest absolute Gasteiger partial charge is 0.243 e. The maximum absolute atomic E-state index is 12.5. The van der Waals surface area contributed by atoms with Crippen LogP contribution in [0.5, 0.6) is 0 Å². The molecule has 9 heteroatoms. The van der Waals surface area contributed by atoms with Crippen LogP contribution in [-0.2, 0) is 14.8 Å². The van der Waals surface area contributed by atoms with Gasteiger partial charge in [-0.25, -0.2) is 8.42 Å². The second-order valence-corrected chi connectivity index (χ2v) is 7.56. The molecule has 5 N–H and O–H groups in total. The van der Waals surface area contributed by atoms with Crippen LogP contribution in [0.4, 0.5) is 0 Å². The summed E-state index contributed by atoms with van der Waals surface area (Å²) in [5, 5.41) is 23.3. The van der Waals surface area contributed by atoms with Crippen LogP contribution in [0, 0.1) is 0 Å². The summed E-state index contributed by atoms with van der Waals surface area (Å²) in [5.74, 6) is -0.482. The van der Waals surface area contributed by atoms with Gasteiger partial charge in [0, 0.05) is 32.6 Å². The Balaban J connectivity index is 2.04. The molecule has 1 amide bonds. The number of hydrogen-bond acceptors (Lipinski definition) is 6. The number of carbonyl (C=O) groups excluding carboxylic acids is 1. The third-order valence-corrected chi connectivity index (χ3v) is 5.63. The van der Waals surface area contributed by atoms with E-state index in [0.29, 0.717) is 0 Å². The van der Waals surface area contributed by atoms with E-state index >= 15 is 0 Å². The summed E-state index contributed by atoms with van der Waals surface area (Å²) in [6.45, 7) is -0.210. The topological polar surface area (TPSA) is 133 Å². The second kappa shape index (κ2) is 6.93. The maximum Gasteiger partial charge on any atom is 0.243 e. The first kappa shape index (κ1) is 17.8. The van der Waals surface area contributed by atoms with E-state index in [-0.39, 0.29) is 37.5 Å². The highest BCUT2D eigenvalue weighted by molar-refractivity contribution is 7.89. The second-order valence-electron chi connectivity index (χ2n) is 5.62. The lowest BCUT2D eigenvalue weighted by molar-refractivity contribution is -0.118. The molecule has 1 aliphatic rings. The summed E-state index contributed by atoms with van der Waals surface area (Å²) in [7, 11) is -3.78. The minimum Gasteiger partial charge on any atom is -0.389 e. The molecule has 2 atom stereocenters. The van der Waals surface area contributed by atoms with Crippen molar-refractivity contribution in [3.05, 3.63) is 30.3 Å². The van der Waals surface area contributed by atoms with Crippen LogP contribution < -0.4 is 11.1 Å². The van der Waals surface area contributed by atoms with Crippen LogP contribution in [-0.4, -0.2) is 66.7 Å². The van der Waals surface area contributed by atoms with Crippen molar-refractivity contribution >= 4 is 15.9 Å². The first-order chi connectivity index (χ1) is 10.8. The molecule has 1 aromatic carbocycles. The molecule has 128 valence electrons. The summed E-state index contributed by atoms with van der Waals surface area (Å²) in [6.07, 6.45) is -1.12. The molecule has 1 heterocycles. The van der Waals surface area contributed by atoms with Crippen LogP contribution in [0.2, 0.25) is 0 Å². The predicted octanol–water partition coefficient (Wildman–Crippen LogP) is -1.75. The number of nitrogens with one attached hydrogen (secondary N) is 1. The molecular weight excluding hydrogens is 322 g/mol. The molecule has 23 heavy (non-hydrogen) atoms. The van der Waals surface area contributed by atoms with Gasteiger partial charge in [0.05, 0.1) is 11.0 Å². The molecule has 1 fully saturated rings. The molecule has 0 bridgehead atoms. The van der Waals surface area contributed by atoms with E-state index < -0.39 is 27.6 Å². The van der Waals surface area contributed by atoms with Gasteiger partial charge < -0.3 is 21.3 Å². The zero-order valence-corrected chi connectivity index (χ0v) is 13.4. The Morgan fingerprint density at radius 3 is 2.65 bits per heavy atom. The van der Waals surface area contributed by atoms with Crippen molar-refractivity contribution in [3.63, 3.8) is 0 Å². The van der Waals surface area contributed by atoms with Gasteiger partial charge >= 0.3 is 0 Å². The van der Waals surface area contributed by atoms with E-state index in [0.717, 1.165) is 4.31 Å². The Kier molecular flexibility index (Phi) is 5.37. The van der Waals surface area contributed by atoms with Crippen LogP contribution in [0.1, 0.15) is 6.42 Å². The minimum absolute atomic E-state index is 0.0394. The van der Waals surface area contributed by atoms with Gasteiger partial charge in [0.1, 0.15) is 5.60 Å². The average molecular weight is 343 g/mol. The molecule has 0 spiro atoms. The summed E-state index contributed by atoms with van der Waals surface area (Å²) in [4.78, 5) is 10.8. The molecule has 0 aromatic heterocycles. The number of carbonyl (C=O) groups is 1. The van der Waals surface area contributed by atoms with E-state index in [1.165, 1.54) is 12.1 Å². The van der Waals surface area contributed by atoms with Crippen molar-refractivity contribution in [2.45, 2.75) is 23.0 Å².